The lowest BCUT2D eigenvalue weighted by molar-refractivity contribution is 0.590. The van der Waals surface area contributed by atoms with Crippen LogP contribution < -0.4 is 5.73 Å². The largest absolute Gasteiger partial charge is 0.368 e. The number of nitrogen functional groups attached to an aromatic ring is 1. The van der Waals surface area contributed by atoms with Gasteiger partial charge >= 0.3 is 0 Å². The van der Waals surface area contributed by atoms with Gasteiger partial charge in [0, 0.05) is 10.0 Å². The van der Waals surface area contributed by atoms with Crippen molar-refractivity contribution in [1.82, 2.24) is 9.66 Å². The molecule has 0 unspecified atom stereocenters. The average Bonchev–Trinajstić information content (AvgIpc) is 2.94. The van der Waals surface area contributed by atoms with Gasteiger partial charge in [0.25, 0.3) is 0 Å². The Bertz CT molecular complexity index is 885. The number of halogens is 1. The van der Waals surface area contributed by atoms with E-state index < -0.39 is 0 Å². The Morgan fingerprint density at radius 2 is 1.68 bits per heavy atom. The van der Waals surface area contributed by atoms with Crippen molar-refractivity contribution >= 4 is 28.1 Å². The van der Waals surface area contributed by atoms with Gasteiger partial charge < -0.3 is 5.73 Å². The van der Waals surface area contributed by atoms with E-state index in [0.717, 1.165) is 21.3 Å². The van der Waals surface area contributed by atoms with Gasteiger partial charge in [-0.05, 0) is 28.7 Å². The van der Waals surface area contributed by atoms with Crippen LogP contribution in [0.4, 0.5) is 5.95 Å². The minimum Gasteiger partial charge on any atom is -0.368 e. The lowest BCUT2D eigenvalue weighted by Gasteiger charge is -2.18. The highest BCUT2D eigenvalue weighted by atomic mass is 79.9. The average molecular weight is 397 g/mol. The summed E-state index contributed by atoms with van der Waals surface area (Å²) in [5.41, 5.74) is 10.3. The van der Waals surface area contributed by atoms with E-state index >= 15 is 0 Å². The zero-order chi connectivity index (χ0) is 18.0. The molecule has 0 bridgehead atoms. The number of rotatable bonds is 3. The Morgan fingerprint density at radius 1 is 1.04 bits per heavy atom. The first-order valence-corrected chi connectivity index (χ1v) is 8.88. The van der Waals surface area contributed by atoms with Crippen molar-refractivity contribution in [2.24, 2.45) is 5.10 Å². The van der Waals surface area contributed by atoms with Crippen molar-refractivity contribution in [3.8, 4) is 11.3 Å². The molecule has 0 aliphatic heterocycles. The third-order valence-electron chi connectivity index (χ3n) is 4.00. The topological polar surface area (TPSA) is 56.2 Å². The number of hydrogen-bond acceptors (Lipinski definition) is 3. The number of aromatic nitrogens is 2. The summed E-state index contributed by atoms with van der Waals surface area (Å²) in [6.07, 6.45) is 3.53. The molecule has 0 radical (unpaired) electrons. The highest BCUT2D eigenvalue weighted by Gasteiger charge is 2.12. The van der Waals surface area contributed by atoms with Crippen LogP contribution in [0.15, 0.2) is 64.3 Å². The maximum absolute atomic E-state index is 5.98. The predicted molar refractivity (Wildman–Crippen MR) is 108 cm³/mol. The predicted octanol–water partition coefficient (Wildman–Crippen LogP) is 5.07. The number of nitrogens with zero attached hydrogens (tertiary/aromatic N) is 3. The maximum Gasteiger partial charge on any atom is 0.221 e. The number of imidazole rings is 1. The van der Waals surface area contributed by atoms with E-state index in [9.17, 15) is 0 Å². The van der Waals surface area contributed by atoms with Crippen LogP contribution in [0, 0.1) is 0 Å². The van der Waals surface area contributed by atoms with Gasteiger partial charge in [-0.25, -0.2) is 4.98 Å². The molecule has 0 amide bonds. The lowest BCUT2D eigenvalue weighted by Crippen LogP contribution is -2.10. The van der Waals surface area contributed by atoms with E-state index in [4.69, 9.17) is 5.73 Å². The van der Waals surface area contributed by atoms with Gasteiger partial charge in [-0.15, -0.1) is 0 Å². The fourth-order valence-electron chi connectivity index (χ4n) is 2.49. The van der Waals surface area contributed by atoms with Crippen LogP contribution in [0.1, 0.15) is 31.9 Å². The van der Waals surface area contributed by atoms with Gasteiger partial charge in [0.2, 0.25) is 5.95 Å². The van der Waals surface area contributed by atoms with Crippen molar-refractivity contribution in [2.45, 2.75) is 26.2 Å². The van der Waals surface area contributed by atoms with Crippen LogP contribution >= 0.6 is 15.9 Å². The van der Waals surface area contributed by atoms with E-state index in [-0.39, 0.29) is 5.41 Å². The zero-order valence-corrected chi connectivity index (χ0v) is 16.2. The number of hydrogen-bond donors (Lipinski definition) is 1. The molecule has 3 aromatic rings. The molecular weight excluding hydrogens is 376 g/mol. The number of anilines is 1. The van der Waals surface area contributed by atoms with Gasteiger partial charge in [-0.3, -0.25) is 0 Å². The van der Waals surface area contributed by atoms with Gasteiger partial charge in [0.1, 0.15) is 0 Å². The summed E-state index contributed by atoms with van der Waals surface area (Å²) in [5.74, 6) is 0.362. The Hall–Kier alpha value is -2.40. The van der Waals surface area contributed by atoms with E-state index in [0.29, 0.717) is 5.95 Å². The van der Waals surface area contributed by atoms with Crippen molar-refractivity contribution in [2.75, 3.05) is 5.73 Å². The van der Waals surface area contributed by atoms with E-state index in [1.165, 1.54) is 5.56 Å². The van der Waals surface area contributed by atoms with Gasteiger partial charge in [0.05, 0.1) is 18.1 Å². The molecule has 0 saturated heterocycles. The smallest absolute Gasteiger partial charge is 0.221 e. The van der Waals surface area contributed by atoms with Crippen LogP contribution in [0.3, 0.4) is 0 Å². The summed E-state index contributed by atoms with van der Waals surface area (Å²) in [7, 11) is 0. The highest BCUT2D eigenvalue weighted by molar-refractivity contribution is 9.10. The monoisotopic (exact) mass is 396 g/mol. The molecule has 1 heterocycles. The fraction of sp³-hybridized carbons (Fsp3) is 0.200. The molecule has 0 spiro atoms. The van der Waals surface area contributed by atoms with Crippen molar-refractivity contribution in [3.05, 3.63) is 70.3 Å². The van der Waals surface area contributed by atoms with Crippen molar-refractivity contribution < 1.29 is 0 Å². The van der Waals surface area contributed by atoms with E-state index in [1.807, 2.05) is 24.3 Å². The highest BCUT2D eigenvalue weighted by Crippen LogP contribution is 2.24. The molecule has 0 saturated carbocycles. The summed E-state index contributed by atoms with van der Waals surface area (Å²) in [4.78, 5) is 4.19. The molecule has 25 heavy (non-hydrogen) atoms. The molecule has 3 rings (SSSR count). The quantitative estimate of drug-likeness (QED) is 0.627. The van der Waals surface area contributed by atoms with Crippen molar-refractivity contribution in [3.63, 3.8) is 0 Å². The third-order valence-corrected chi connectivity index (χ3v) is 4.53. The zero-order valence-electron chi connectivity index (χ0n) is 14.6. The van der Waals surface area contributed by atoms with Crippen LogP contribution in [-0.4, -0.2) is 15.9 Å². The first-order valence-electron chi connectivity index (χ1n) is 8.08. The van der Waals surface area contributed by atoms with Crippen LogP contribution in [0.5, 0.6) is 0 Å². The van der Waals surface area contributed by atoms with Gasteiger partial charge in [0.15, 0.2) is 0 Å². The Labute approximate surface area is 156 Å². The summed E-state index contributed by atoms with van der Waals surface area (Å²) in [6.45, 7) is 6.60. The normalized spacial score (nSPS) is 12.0. The molecular formula is C20H21BrN4. The minimum atomic E-state index is 0.138. The first kappa shape index (κ1) is 17.4. The van der Waals surface area contributed by atoms with Crippen molar-refractivity contribution in [1.29, 1.82) is 0 Å². The lowest BCUT2D eigenvalue weighted by atomic mass is 9.87. The Morgan fingerprint density at radius 3 is 2.28 bits per heavy atom. The SMILES string of the molecule is CC(C)(C)c1ccc(C=Nn2c(-c3ccc(Br)cc3)cnc2N)cc1. The molecule has 0 atom stereocenters. The summed E-state index contributed by atoms with van der Waals surface area (Å²) in [6, 6.07) is 16.4. The van der Waals surface area contributed by atoms with Gasteiger partial charge in [-0.2, -0.15) is 9.78 Å². The summed E-state index contributed by atoms with van der Waals surface area (Å²) < 4.78 is 2.68. The Kier molecular flexibility index (Phi) is 4.77. The van der Waals surface area contributed by atoms with Crippen LogP contribution in [-0.2, 0) is 5.41 Å². The minimum absolute atomic E-state index is 0.138. The molecule has 1 aromatic heterocycles. The second-order valence-electron chi connectivity index (χ2n) is 6.94. The molecule has 128 valence electrons. The number of nitrogens with two attached hydrogens (primary N) is 1. The van der Waals surface area contributed by atoms with E-state index in [2.05, 4.69) is 71.1 Å². The van der Waals surface area contributed by atoms with E-state index in [1.54, 1.807) is 17.1 Å². The molecule has 0 aliphatic carbocycles. The summed E-state index contributed by atoms with van der Waals surface area (Å²) in [5, 5.41) is 4.52. The molecule has 5 heteroatoms. The molecule has 2 aromatic carbocycles. The molecule has 0 aliphatic rings. The fourth-order valence-corrected chi connectivity index (χ4v) is 2.76. The number of benzene rings is 2. The first-order chi connectivity index (χ1) is 11.8. The molecule has 4 nitrogen and oxygen atoms in total. The maximum atomic E-state index is 5.98. The second-order valence-corrected chi connectivity index (χ2v) is 7.85. The standard InChI is InChI=1S/C20H21BrN4/c1-20(2,3)16-8-4-14(5-9-16)12-24-25-18(13-23-19(25)22)15-6-10-17(21)11-7-15/h4-13H,1-3H3,(H2,22,23). The van der Waals surface area contributed by atoms with Crippen LogP contribution in [0.2, 0.25) is 0 Å². The summed E-state index contributed by atoms with van der Waals surface area (Å²) >= 11 is 3.45. The van der Waals surface area contributed by atoms with Crippen LogP contribution in [0.25, 0.3) is 11.3 Å². The third kappa shape index (κ3) is 3.99. The second kappa shape index (κ2) is 6.84. The van der Waals surface area contributed by atoms with Gasteiger partial charge in [-0.1, -0.05) is 73.1 Å². The molecule has 2 N–H and O–H groups in total. The Balaban J connectivity index is 1.89. The molecule has 0 fully saturated rings.